The van der Waals surface area contributed by atoms with E-state index in [1.165, 1.54) is 12.3 Å². The maximum Gasteiger partial charge on any atom is 0.307 e. The van der Waals surface area contributed by atoms with Gasteiger partial charge in [-0.15, -0.1) is 0 Å². The smallest absolute Gasteiger partial charge is 0.307 e. The van der Waals surface area contributed by atoms with Gasteiger partial charge < -0.3 is 15.8 Å². The molecular formula is C12H15N3O3S. The zero-order valence-electron chi connectivity index (χ0n) is 10.5. The number of nitrogens with one attached hydrogen (secondary N) is 1. The fourth-order valence-corrected chi connectivity index (χ4v) is 1.40. The predicted molar refractivity (Wildman–Crippen MR) is 73.7 cm³/mol. The summed E-state index contributed by atoms with van der Waals surface area (Å²) in [4.78, 5) is 26.9. The number of aromatic nitrogens is 1. The molecule has 0 unspecified atom stereocenters. The molecule has 7 heteroatoms. The third-order valence-corrected chi connectivity index (χ3v) is 2.44. The van der Waals surface area contributed by atoms with Crippen molar-refractivity contribution >= 4 is 29.1 Å². The average Bonchev–Trinajstić information content (AvgIpc) is 2.39. The summed E-state index contributed by atoms with van der Waals surface area (Å²) in [5.41, 5.74) is 6.26. The van der Waals surface area contributed by atoms with E-state index in [-0.39, 0.29) is 35.5 Å². The van der Waals surface area contributed by atoms with E-state index in [9.17, 15) is 9.59 Å². The lowest BCUT2D eigenvalue weighted by Crippen LogP contribution is -2.27. The van der Waals surface area contributed by atoms with Crippen LogP contribution in [0.3, 0.4) is 0 Å². The topological polar surface area (TPSA) is 94.3 Å². The van der Waals surface area contributed by atoms with Gasteiger partial charge in [0.2, 0.25) is 0 Å². The molecule has 19 heavy (non-hydrogen) atoms. The largest absolute Gasteiger partial charge is 0.466 e. The Kier molecular flexibility index (Phi) is 5.87. The van der Waals surface area contributed by atoms with Gasteiger partial charge in [-0.05, 0) is 19.1 Å². The Labute approximate surface area is 116 Å². The molecule has 0 saturated carbocycles. The number of amides is 1. The minimum Gasteiger partial charge on any atom is -0.466 e. The number of carbonyl (C=O) groups excluding carboxylic acids is 2. The van der Waals surface area contributed by atoms with E-state index in [1.54, 1.807) is 13.0 Å². The summed E-state index contributed by atoms with van der Waals surface area (Å²) in [5, 5.41) is 2.57. The van der Waals surface area contributed by atoms with Gasteiger partial charge in [-0.25, -0.2) is 0 Å². The van der Waals surface area contributed by atoms with Crippen molar-refractivity contribution in [1.82, 2.24) is 10.3 Å². The van der Waals surface area contributed by atoms with E-state index >= 15 is 0 Å². The SMILES string of the molecule is CCOC(=O)CCNC(=O)c1ccc(C(N)=S)cn1. The Balaban J connectivity index is 2.45. The molecule has 3 N–H and O–H groups in total. The van der Waals surface area contributed by atoms with Gasteiger partial charge in [0.25, 0.3) is 5.91 Å². The summed E-state index contributed by atoms with van der Waals surface area (Å²) in [6, 6.07) is 3.14. The number of hydrogen-bond donors (Lipinski definition) is 2. The molecule has 0 aliphatic rings. The number of esters is 1. The zero-order valence-corrected chi connectivity index (χ0v) is 11.3. The van der Waals surface area contributed by atoms with Crippen molar-refractivity contribution in [2.45, 2.75) is 13.3 Å². The molecule has 0 spiro atoms. The second-order valence-electron chi connectivity index (χ2n) is 3.61. The van der Waals surface area contributed by atoms with Gasteiger partial charge in [0.05, 0.1) is 13.0 Å². The van der Waals surface area contributed by atoms with Gasteiger partial charge >= 0.3 is 5.97 Å². The summed E-state index contributed by atoms with van der Waals surface area (Å²) in [7, 11) is 0. The first kappa shape index (κ1) is 15.0. The van der Waals surface area contributed by atoms with E-state index < -0.39 is 0 Å². The van der Waals surface area contributed by atoms with Crippen molar-refractivity contribution in [3.05, 3.63) is 29.6 Å². The Bertz CT molecular complexity index is 474. The van der Waals surface area contributed by atoms with Crippen LogP contribution in [-0.2, 0) is 9.53 Å². The standard InChI is InChI=1S/C12H15N3O3S/c1-2-18-10(16)5-6-14-12(17)9-4-3-8(7-15-9)11(13)19/h3-4,7H,2,5-6H2,1H3,(H2,13,19)(H,14,17). The fourth-order valence-electron chi connectivity index (χ4n) is 1.28. The second kappa shape index (κ2) is 7.42. The quantitative estimate of drug-likeness (QED) is 0.579. The summed E-state index contributed by atoms with van der Waals surface area (Å²) in [6.07, 6.45) is 1.56. The number of nitrogens with zero attached hydrogens (tertiary/aromatic N) is 1. The van der Waals surface area contributed by atoms with Gasteiger partial charge in [-0.1, -0.05) is 12.2 Å². The van der Waals surface area contributed by atoms with Crippen molar-refractivity contribution < 1.29 is 14.3 Å². The zero-order chi connectivity index (χ0) is 14.3. The highest BCUT2D eigenvalue weighted by Crippen LogP contribution is 2.00. The van der Waals surface area contributed by atoms with Gasteiger partial charge in [-0.3, -0.25) is 14.6 Å². The molecule has 6 nitrogen and oxygen atoms in total. The number of pyridine rings is 1. The van der Waals surface area contributed by atoms with Crippen molar-refractivity contribution in [2.75, 3.05) is 13.2 Å². The number of carbonyl (C=O) groups is 2. The van der Waals surface area contributed by atoms with Crippen molar-refractivity contribution in [1.29, 1.82) is 0 Å². The number of nitrogens with two attached hydrogens (primary N) is 1. The highest BCUT2D eigenvalue weighted by molar-refractivity contribution is 7.80. The van der Waals surface area contributed by atoms with Crippen molar-refractivity contribution in [3.8, 4) is 0 Å². The van der Waals surface area contributed by atoms with Crippen molar-refractivity contribution in [2.24, 2.45) is 5.73 Å². The maximum atomic E-state index is 11.7. The summed E-state index contributed by atoms with van der Waals surface area (Å²) in [6.45, 7) is 2.26. The molecule has 0 aliphatic heterocycles. The third kappa shape index (κ3) is 5.01. The molecule has 0 fully saturated rings. The Hall–Kier alpha value is -2.02. The molecule has 102 valence electrons. The summed E-state index contributed by atoms with van der Waals surface area (Å²) >= 11 is 4.78. The monoisotopic (exact) mass is 281 g/mol. The van der Waals surface area contributed by atoms with Crippen LogP contribution in [-0.4, -0.2) is 35.0 Å². The molecule has 1 amide bonds. The minimum atomic E-state index is -0.362. The van der Waals surface area contributed by atoms with Gasteiger partial charge in [0, 0.05) is 18.3 Å². The molecule has 0 aliphatic carbocycles. The highest BCUT2D eigenvalue weighted by Gasteiger charge is 2.08. The number of thiocarbonyl (C=S) groups is 1. The van der Waals surface area contributed by atoms with Gasteiger partial charge in [0.15, 0.2) is 0 Å². The van der Waals surface area contributed by atoms with Gasteiger partial charge in [-0.2, -0.15) is 0 Å². The summed E-state index contributed by atoms with van der Waals surface area (Å²) < 4.78 is 4.74. The molecule has 0 bridgehead atoms. The average molecular weight is 281 g/mol. The highest BCUT2D eigenvalue weighted by atomic mass is 32.1. The van der Waals surface area contributed by atoms with Crippen LogP contribution in [0, 0.1) is 0 Å². The fraction of sp³-hybridized carbons (Fsp3) is 0.333. The van der Waals surface area contributed by atoms with Gasteiger partial charge in [0.1, 0.15) is 10.7 Å². The Morgan fingerprint density at radius 2 is 2.21 bits per heavy atom. The van der Waals surface area contributed by atoms with Crippen LogP contribution in [0.25, 0.3) is 0 Å². The van der Waals surface area contributed by atoms with Crippen LogP contribution in [0.5, 0.6) is 0 Å². The first-order valence-electron chi connectivity index (χ1n) is 5.74. The molecule has 0 radical (unpaired) electrons. The molecule has 0 atom stereocenters. The van der Waals surface area contributed by atoms with Crippen LogP contribution >= 0.6 is 12.2 Å². The van der Waals surface area contributed by atoms with Crippen molar-refractivity contribution in [3.63, 3.8) is 0 Å². The molecular weight excluding hydrogens is 266 g/mol. The molecule has 0 saturated heterocycles. The van der Waals surface area contributed by atoms with E-state index in [1.807, 2.05) is 0 Å². The lowest BCUT2D eigenvalue weighted by atomic mass is 10.2. The first-order valence-corrected chi connectivity index (χ1v) is 6.15. The Morgan fingerprint density at radius 1 is 1.47 bits per heavy atom. The van der Waals surface area contributed by atoms with E-state index in [2.05, 4.69) is 10.3 Å². The van der Waals surface area contributed by atoms with Crippen LogP contribution < -0.4 is 11.1 Å². The molecule has 0 aromatic carbocycles. The van der Waals surface area contributed by atoms with E-state index in [0.717, 1.165) is 0 Å². The number of rotatable bonds is 6. The van der Waals surface area contributed by atoms with Crippen LogP contribution in [0.2, 0.25) is 0 Å². The maximum absolute atomic E-state index is 11.7. The number of ether oxygens (including phenoxy) is 1. The lowest BCUT2D eigenvalue weighted by Gasteiger charge is -2.05. The van der Waals surface area contributed by atoms with Crippen LogP contribution in [0.4, 0.5) is 0 Å². The second-order valence-corrected chi connectivity index (χ2v) is 4.05. The van der Waals surface area contributed by atoms with Crippen LogP contribution in [0.15, 0.2) is 18.3 Å². The Morgan fingerprint density at radius 3 is 2.74 bits per heavy atom. The predicted octanol–water partition coefficient (Wildman–Crippen LogP) is 0.399. The normalized spacial score (nSPS) is 9.74. The van der Waals surface area contributed by atoms with E-state index in [4.69, 9.17) is 22.7 Å². The number of hydrogen-bond acceptors (Lipinski definition) is 5. The van der Waals surface area contributed by atoms with E-state index in [0.29, 0.717) is 12.2 Å². The lowest BCUT2D eigenvalue weighted by molar-refractivity contribution is -0.142. The van der Waals surface area contributed by atoms with Crippen LogP contribution in [0.1, 0.15) is 29.4 Å². The molecule has 1 heterocycles. The minimum absolute atomic E-state index is 0.130. The molecule has 1 aromatic rings. The third-order valence-electron chi connectivity index (χ3n) is 2.20. The molecule has 1 aromatic heterocycles. The first-order chi connectivity index (χ1) is 9.04. The molecule has 1 rings (SSSR count). The summed E-state index contributed by atoms with van der Waals surface area (Å²) in [5.74, 6) is -0.710.